The maximum atomic E-state index is 12.1. The van der Waals surface area contributed by atoms with E-state index in [1.165, 1.54) is 0 Å². The van der Waals surface area contributed by atoms with E-state index >= 15 is 0 Å². The van der Waals surface area contributed by atoms with Gasteiger partial charge in [0.15, 0.2) is 6.61 Å². The summed E-state index contributed by atoms with van der Waals surface area (Å²) in [5, 5.41) is 10.1. The second kappa shape index (κ2) is 7.06. The van der Waals surface area contributed by atoms with Gasteiger partial charge in [0.25, 0.3) is 12.0 Å². The summed E-state index contributed by atoms with van der Waals surface area (Å²) in [4.78, 5) is 30.5. The Balaban J connectivity index is 1.67. The Morgan fingerprint density at radius 1 is 1.18 bits per heavy atom. The van der Waals surface area contributed by atoms with Crippen LogP contribution in [0.25, 0.3) is 33.1 Å². The number of aromatic nitrogens is 4. The van der Waals surface area contributed by atoms with Crippen molar-refractivity contribution in [3.63, 3.8) is 0 Å². The number of carbonyl (C=O) groups is 1. The Morgan fingerprint density at radius 2 is 1.96 bits per heavy atom. The van der Waals surface area contributed by atoms with Crippen LogP contribution in [-0.4, -0.2) is 39.3 Å². The second-order valence-corrected chi connectivity index (χ2v) is 5.88. The van der Waals surface area contributed by atoms with E-state index in [1.807, 2.05) is 6.07 Å². The predicted molar refractivity (Wildman–Crippen MR) is 98.4 cm³/mol. The first-order valence-electron chi connectivity index (χ1n) is 8.21. The number of rotatable bonds is 4. The van der Waals surface area contributed by atoms with Crippen molar-refractivity contribution in [2.45, 2.75) is 6.43 Å². The lowest BCUT2D eigenvalue weighted by Gasteiger charge is -2.04. The van der Waals surface area contributed by atoms with Crippen molar-refractivity contribution in [2.24, 2.45) is 0 Å². The standard InChI is InChI=1S/C18H13F2N5O3/c19-14(20)8-28-18(27)23-17-21-12-6-5-9(7-13(12)22-17)15-10-3-1-2-4-11(10)16(26)25-24-15/h1-7,14H,8H2,(H,25,26)(H2,21,22,23,27). The van der Waals surface area contributed by atoms with E-state index in [0.717, 1.165) is 5.56 Å². The van der Waals surface area contributed by atoms with E-state index in [-0.39, 0.29) is 11.5 Å². The number of carbonyl (C=O) groups excluding carboxylic acids is 1. The largest absolute Gasteiger partial charge is 0.443 e. The maximum absolute atomic E-state index is 12.1. The van der Waals surface area contributed by atoms with Gasteiger partial charge in [0.1, 0.15) is 0 Å². The van der Waals surface area contributed by atoms with Crippen molar-refractivity contribution in [3.05, 3.63) is 52.8 Å². The van der Waals surface area contributed by atoms with Crippen LogP contribution in [0.3, 0.4) is 0 Å². The average molecular weight is 385 g/mol. The van der Waals surface area contributed by atoms with Gasteiger partial charge in [-0.2, -0.15) is 5.10 Å². The SMILES string of the molecule is O=C(Nc1nc2ccc(-c3n[nH]c(=O)c4ccccc34)cc2[nH]1)OCC(F)F. The van der Waals surface area contributed by atoms with Gasteiger partial charge < -0.3 is 9.72 Å². The number of aromatic amines is 2. The van der Waals surface area contributed by atoms with Gasteiger partial charge in [0.2, 0.25) is 5.95 Å². The zero-order chi connectivity index (χ0) is 19.7. The second-order valence-electron chi connectivity index (χ2n) is 5.88. The Hall–Kier alpha value is -3.82. The Bertz CT molecular complexity index is 1230. The number of anilines is 1. The first kappa shape index (κ1) is 17.6. The molecule has 0 saturated heterocycles. The number of halogens is 2. The first-order valence-corrected chi connectivity index (χ1v) is 8.21. The molecule has 10 heteroatoms. The van der Waals surface area contributed by atoms with E-state index in [1.54, 1.807) is 36.4 Å². The number of ether oxygens (including phenoxy) is 1. The number of nitrogens with one attached hydrogen (secondary N) is 3. The van der Waals surface area contributed by atoms with E-state index < -0.39 is 19.1 Å². The van der Waals surface area contributed by atoms with Crippen LogP contribution in [0.4, 0.5) is 19.5 Å². The number of H-pyrrole nitrogens is 2. The molecule has 8 nitrogen and oxygen atoms in total. The van der Waals surface area contributed by atoms with Crippen LogP contribution in [0.2, 0.25) is 0 Å². The van der Waals surface area contributed by atoms with Crippen molar-refractivity contribution in [3.8, 4) is 11.3 Å². The first-order chi connectivity index (χ1) is 13.5. The van der Waals surface area contributed by atoms with Crippen LogP contribution < -0.4 is 10.9 Å². The van der Waals surface area contributed by atoms with Crippen molar-refractivity contribution in [1.82, 2.24) is 20.2 Å². The number of fused-ring (bicyclic) bond motifs is 2. The lowest BCUT2D eigenvalue weighted by Crippen LogP contribution is -2.18. The molecule has 142 valence electrons. The molecular weight excluding hydrogens is 372 g/mol. The highest BCUT2D eigenvalue weighted by molar-refractivity contribution is 5.96. The molecule has 0 radical (unpaired) electrons. The molecule has 0 aliphatic rings. The fraction of sp³-hybridized carbons (Fsp3) is 0.111. The van der Waals surface area contributed by atoms with Crippen molar-refractivity contribution in [2.75, 3.05) is 11.9 Å². The fourth-order valence-corrected chi connectivity index (χ4v) is 2.82. The molecule has 0 saturated carbocycles. The molecule has 1 amide bonds. The third-order valence-electron chi connectivity index (χ3n) is 4.01. The number of benzene rings is 2. The van der Waals surface area contributed by atoms with Gasteiger partial charge in [-0.3, -0.25) is 10.1 Å². The highest BCUT2D eigenvalue weighted by Crippen LogP contribution is 2.27. The summed E-state index contributed by atoms with van der Waals surface area (Å²) in [6.07, 6.45) is -3.78. The van der Waals surface area contributed by atoms with Gasteiger partial charge in [-0.05, 0) is 18.2 Å². The van der Waals surface area contributed by atoms with Gasteiger partial charge in [0, 0.05) is 10.9 Å². The van der Waals surface area contributed by atoms with Gasteiger partial charge >= 0.3 is 6.09 Å². The van der Waals surface area contributed by atoms with Gasteiger partial charge in [0.05, 0.1) is 22.1 Å². The van der Waals surface area contributed by atoms with E-state index in [2.05, 4.69) is 30.2 Å². The molecule has 0 unspecified atom stereocenters. The number of hydrogen-bond acceptors (Lipinski definition) is 5. The molecule has 4 rings (SSSR count). The molecule has 3 N–H and O–H groups in total. The van der Waals surface area contributed by atoms with Crippen LogP contribution in [0, 0.1) is 0 Å². The number of imidazole rings is 1. The third-order valence-corrected chi connectivity index (χ3v) is 4.01. The van der Waals surface area contributed by atoms with E-state index in [9.17, 15) is 18.4 Å². The van der Waals surface area contributed by atoms with Crippen molar-refractivity contribution in [1.29, 1.82) is 0 Å². The normalized spacial score (nSPS) is 11.2. The molecule has 0 aliphatic heterocycles. The molecular formula is C18H13F2N5O3. The minimum atomic E-state index is -2.75. The van der Waals surface area contributed by atoms with Crippen LogP contribution in [0.5, 0.6) is 0 Å². The third kappa shape index (κ3) is 3.39. The van der Waals surface area contributed by atoms with Crippen molar-refractivity contribution < 1.29 is 18.3 Å². The maximum Gasteiger partial charge on any atom is 0.414 e. The number of alkyl halides is 2. The summed E-state index contributed by atoms with van der Waals surface area (Å²) >= 11 is 0. The number of amides is 1. The predicted octanol–water partition coefficient (Wildman–Crippen LogP) is 3.28. The van der Waals surface area contributed by atoms with Crippen LogP contribution in [0.15, 0.2) is 47.3 Å². The minimum Gasteiger partial charge on any atom is -0.443 e. The van der Waals surface area contributed by atoms with Crippen LogP contribution in [-0.2, 0) is 4.74 Å². The number of nitrogens with zero attached hydrogens (tertiary/aromatic N) is 2. The van der Waals surface area contributed by atoms with Crippen molar-refractivity contribution >= 4 is 33.8 Å². The molecule has 0 spiro atoms. The Kier molecular flexibility index (Phi) is 4.44. The average Bonchev–Trinajstić information content (AvgIpc) is 3.08. The van der Waals surface area contributed by atoms with Gasteiger partial charge in [-0.15, -0.1) is 0 Å². The number of hydrogen-bond donors (Lipinski definition) is 3. The molecule has 2 aromatic carbocycles. The Morgan fingerprint density at radius 3 is 2.75 bits per heavy atom. The Labute approximate surface area is 155 Å². The topological polar surface area (TPSA) is 113 Å². The summed E-state index contributed by atoms with van der Waals surface area (Å²) in [5.41, 5.74) is 2.14. The lowest BCUT2D eigenvalue weighted by molar-refractivity contribution is 0.0547. The zero-order valence-corrected chi connectivity index (χ0v) is 14.2. The quantitative estimate of drug-likeness (QED) is 0.499. The summed E-state index contributed by atoms with van der Waals surface area (Å²) < 4.78 is 28.5. The van der Waals surface area contributed by atoms with E-state index in [0.29, 0.717) is 27.5 Å². The molecule has 2 aromatic heterocycles. The molecule has 0 atom stereocenters. The van der Waals surface area contributed by atoms with Crippen LogP contribution >= 0.6 is 0 Å². The summed E-state index contributed by atoms with van der Waals surface area (Å²) in [7, 11) is 0. The fourth-order valence-electron chi connectivity index (χ4n) is 2.82. The summed E-state index contributed by atoms with van der Waals surface area (Å²) in [6.45, 7) is -0.999. The van der Waals surface area contributed by atoms with Gasteiger partial charge in [-0.1, -0.05) is 24.3 Å². The molecule has 28 heavy (non-hydrogen) atoms. The highest BCUT2D eigenvalue weighted by Gasteiger charge is 2.13. The molecule has 0 fully saturated rings. The van der Waals surface area contributed by atoms with E-state index in [4.69, 9.17) is 0 Å². The van der Waals surface area contributed by atoms with Crippen LogP contribution in [0.1, 0.15) is 0 Å². The smallest absolute Gasteiger partial charge is 0.414 e. The van der Waals surface area contributed by atoms with Gasteiger partial charge in [-0.25, -0.2) is 23.7 Å². The molecule has 2 heterocycles. The summed E-state index contributed by atoms with van der Waals surface area (Å²) in [6, 6.07) is 12.3. The monoisotopic (exact) mass is 385 g/mol. The molecule has 0 aliphatic carbocycles. The highest BCUT2D eigenvalue weighted by atomic mass is 19.3. The lowest BCUT2D eigenvalue weighted by atomic mass is 10.0. The molecule has 4 aromatic rings. The summed E-state index contributed by atoms with van der Waals surface area (Å²) in [5.74, 6) is 0.0608. The zero-order valence-electron chi connectivity index (χ0n) is 14.2. The minimum absolute atomic E-state index is 0.0608. The molecule has 0 bridgehead atoms.